The van der Waals surface area contributed by atoms with Crippen LogP contribution in [0.15, 0.2) is 71.8 Å². The molecule has 0 aliphatic carbocycles. The highest BCUT2D eigenvalue weighted by Crippen LogP contribution is 2.25. The highest BCUT2D eigenvalue weighted by molar-refractivity contribution is 6.04. The van der Waals surface area contributed by atoms with E-state index in [1.54, 1.807) is 28.9 Å². The quantitative estimate of drug-likeness (QED) is 0.472. The summed E-state index contributed by atoms with van der Waals surface area (Å²) in [5, 5.41) is 11.1. The molecule has 3 heterocycles. The lowest BCUT2D eigenvalue weighted by molar-refractivity contribution is 0.102. The van der Waals surface area contributed by atoms with Crippen molar-refractivity contribution in [2.45, 2.75) is 13.3 Å². The van der Waals surface area contributed by atoms with E-state index in [4.69, 9.17) is 0 Å². The first-order valence-electron chi connectivity index (χ1n) is 9.87. The molecule has 152 valence electrons. The number of hydrogen-bond acceptors (Lipinski definition) is 5. The van der Waals surface area contributed by atoms with Crippen LogP contribution in [0, 0.1) is 0 Å². The monoisotopic (exact) mass is 410 g/mol. The molecule has 0 atom stereocenters. The molecule has 0 spiro atoms. The van der Waals surface area contributed by atoms with Crippen LogP contribution in [0.4, 0.5) is 5.69 Å². The maximum absolute atomic E-state index is 13.0. The first-order valence-corrected chi connectivity index (χ1v) is 9.87. The van der Waals surface area contributed by atoms with Gasteiger partial charge in [-0.05, 0) is 30.7 Å². The highest BCUT2D eigenvalue weighted by Gasteiger charge is 2.19. The van der Waals surface area contributed by atoms with Crippen LogP contribution < -0.4 is 10.9 Å². The summed E-state index contributed by atoms with van der Waals surface area (Å²) < 4.78 is 1.69. The Hall–Kier alpha value is -4.33. The lowest BCUT2D eigenvalue weighted by Crippen LogP contribution is -2.16. The zero-order valence-corrected chi connectivity index (χ0v) is 16.7. The number of fused-ring (bicyclic) bond motifs is 2. The number of benzene rings is 2. The van der Waals surface area contributed by atoms with Crippen LogP contribution >= 0.6 is 0 Å². The number of rotatable bonds is 4. The molecule has 0 saturated heterocycles. The SMILES string of the molecule is CCc1nc2ncccn2c1C(=O)Nc1ccc(-c2n[nH]c(=O)c3ccccc23)cc1. The maximum atomic E-state index is 13.0. The van der Waals surface area contributed by atoms with Crippen molar-refractivity contribution < 1.29 is 4.79 Å². The second kappa shape index (κ2) is 7.49. The number of hydrogen-bond donors (Lipinski definition) is 2. The van der Waals surface area contributed by atoms with Crippen LogP contribution in [0.1, 0.15) is 23.1 Å². The normalized spacial score (nSPS) is 11.1. The summed E-state index contributed by atoms with van der Waals surface area (Å²) in [6.45, 7) is 1.95. The molecular weight excluding hydrogens is 392 g/mol. The molecule has 8 nitrogen and oxygen atoms in total. The van der Waals surface area contributed by atoms with E-state index in [0.29, 0.717) is 40.4 Å². The van der Waals surface area contributed by atoms with Crippen molar-refractivity contribution in [3.63, 3.8) is 0 Å². The Balaban J connectivity index is 1.47. The Bertz CT molecular complexity index is 1480. The van der Waals surface area contributed by atoms with Crippen LogP contribution in [-0.2, 0) is 6.42 Å². The van der Waals surface area contributed by atoms with Gasteiger partial charge in [-0.3, -0.25) is 14.0 Å². The number of aromatic nitrogens is 5. The molecule has 0 unspecified atom stereocenters. The largest absolute Gasteiger partial charge is 0.321 e. The minimum atomic E-state index is -0.252. The molecule has 0 aliphatic rings. The van der Waals surface area contributed by atoms with Gasteiger partial charge >= 0.3 is 0 Å². The molecule has 0 bridgehead atoms. The highest BCUT2D eigenvalue weighted by atomic mass is 16.2. The average Bonchev–Trinajstić information content (AvgIpc) is 3.19. The van der Waals surface area contributed by atoms with Gasteiger partial charge in [-0.2, -0.15) is 5.10 Å². The van der Waals surface area contributed by atoms with Crippen molar-refractivity contribution in [2.24, 2.45) is 0 Å². The summed E-state index contributed by atoms with van der Waals surface area (Å²) in [4.78, 5) is 33.7. The van der Waals surface area contributed by atoms with E-state index in [2.05, 4.69) is 25.5 Å². The fourth-order valence-corrected chi connectivity index (χ4v) is 3.66. The fraction of sp³-hybridized carbons (Fsp3) is 0.0870. The van der Waals surface area contributed by atoms with Crippen molar-refractivity contribution in [3.8, 4) is 11.3 Å². The minimum Gasteiger partial charge on any atom is -0.321 e. The van der Waals surface area contributed by atoms with Crippen LogP contribution in [0.2, 0.25) is 0 Å². The first-order chi connectivity index (χ1) is 15.2. The molecule has 0 fully saturated rings. The molecule has 2 aromatic carbocycles. The van der Waals surface area contributed by atoms with Gasteiger partial charge < -0.3 is 5.32 Å². The number of carbonyl (C=O) groups excluding carboxylic acids is 1. The zero-order chi connectivity index (χ0) is 21.4. The number of amides is 1. The summed E-state index contributed by atoms with van der Waals surface area (Å²) in [7, 11) is 0. The lowest BCUT2D eigenvalue weighted by atomic mass is 10.0. The summed E-state index contributed by atoms with van der Waals surface area (Å²) in [6, 6.07) is 16.4. The number of H-pyrrole nitrogens is 1. The predicted molar refractivity (Wildman–Crippen MR) is 118 cm³/mol. The lowest BCUT2D eigenvalue weighted by Gasteiger charge is -2.08. The van der Waals surface area contributed by atoms with Gasteiger partial charge in [0, 0.05) is 29.0 Å². The molecule has 0 saturated carbocycles. The Morgan fingerprint density at radius 3 is 2.61 bits per heavy atom. The first kappa shape index (κ1) is 18.7. The van der Waals surface area contributed by atoms with Gasteiger partial charge in [-0.1, -0.05) is 37.3 Å². The van der Waals surface area contributed by atoms with E-state index in [0.717, 1.165) is 10.9 Å². The average molecular weight is 410 g/mol. The number of aryl methyl sites for hydroxylation is 1. The molecule has 2 N–H and O–H groups in total. The Labute approximate surface area is 176 Å². The smallest absolute Gasteiger partial charge is 0.274 e. The summed E-state index contributed by atoms with van der Waals surface area (Å²) in [6.07, 6.45) is 4.05. The van der Waals surface area contributed by atoms with Crippen molar-refractivity contribution in [2.75, 3.05) is 5.32 Å². The van der Waals surface area contributed by atoms with Gasteiger partial charge in [-0.15, -0.1) is 0 Å². The third-order valence-electron chi connectivity index (χ3n) is 5.14. The number of aromatic amines is 1. The van der Waals surface area contributed by atoms with Crippen LogP contribution in [0.3, 0.4) is 0 Å². The Morgan fingerprint density at radius 1 is 1.06 bits per heavy atom. The third kappa shape index (κ3) is 3.24. The second-order valence-corrected chi connectivity index (χ2v) is 7.03. The number of anilines is 1. The van der Waals surface area contributed by atoms with Crippen molar-refractivity contribution >= 4 is 28.1 Å². The van der Waals surface area contributed by atoms with Crippen LogP contribution in [0.5, 0.6) is 0 Å². The summed E-state index contributed by atoms with van der Waals surface area (Å²) in [5.74, 6) is 0.244. The van der Waals surface area contributed by atoms with E-state index in [1.807, 2.05) is 49.4 Å². The number of carbonyl (C=O) groups is 1. The van der Waals surface area contributed by atoms with E-state index < -0.39 is 0 Å². The number of nitrogens with one attached hydrogen (secondary N) is 2. The van der Waals surface area contributed by atoms with Crippen LogP contribution in [0.25, 0.3) is 27.8 Å². The number of nitrogens with zero attached hydrogens (tertiary/aromatic N) is 4. The topological polar surface area (TPSA) is 105 Å². The molecule has 0 aliphatic heterocycles. The van der Waals surface area contributed by atoms with Crippen molar-refractivity contribution in [3.05, 3.63) is 88.7 Å². The summed E-state index contributed by atoms with van der Waals surface area (Å²) >= 11 is 0. The van der Waals surface area contributed by atoms with E-state index >= 15 is 0 Å². The maximum Gasteiger partial charge on any atom is 0.274 e. The Kier molecular flexibility index (Phi) is 4.51. The van der Waals surface area contributed by atoms with Crippen molar-refractivity contribution in [1.29, 1.82) is 0 Å². The van der Waals surface area contributed by atoms with Gasteiger partial charge in [0.25, 0.3) is 11.5 Å². The molecule has 1 amide bonds. The molecule has 0 radical (unpaired) electrons. The van der Waals surface area contributed by atoms with Gasteiger partial charge in [0.1, 0.15) is 5.69 Å². The summed E-state index contributed by atoms with van der Waals surface area (Å²) in [5.41, 5.74) is 3.09. The Morgan fingerprint density at radius 2 is 1.84 bits per heavy atom. The van der Waals surface area contributed by atoms with Gasteiger partial charge in [-0.25, -0.2) is 15.1 Å². The fourth-order valence-electron chi connectivity index (χ4n) is 3.66. The van der Waals surface area contributed by atoms with Crippen LogP contribution in [-0.4, -0.2) is 30.5 Å². The molecule has 8 heteroatoms. The van der Waals surface area contributed by atoms with E-state index in [9.17, 15) is 9.59 Å². The molecule has 3 aromatic heterocycles. The number of imidazole rings is 1. The molecule has 31 heavy (non-hydrogen) atoms. The molecule has 5 aromatic rings. The second-order valence-electron chi connectivity index (χ2n) is 7.03. The van der Waals surface area contributed by atoms with Gasteiger partial charge in [0.15, 0.2) is 0 Å². The van der Waals surface area contributed by atoms with E-state index in [-0.39, 0.29) is 11.5 Å². The molecular formula is C23H18N6O2. The third-order valence-corrected chi connectivity index (χ3v) is 5.14. The zero-order valence-electron chi connectivity index (χ0n) is 16.7. The van der Waals surface area contributed by atoms with Gasteiger partial charge in [0.2, 0.25) is 5.78 Å². The molecule has 5 rings (SSSR count). The minimum absolute atomic E-state index is 0.225. The predicted octanol–water partition coefficient (Wildman–Crippen LogP) is 3.45. The van der Waals surface area contributed by atoms with Crippen molar-refractivity contribution in [1.82, 2.24) is 24.6 Å². The van der Waals surface area contributed by atoms with Gasteiger partial charge in [0.05, 0.1) is 16.8 Å². The van der Waals surface area contributed by atoms with E-state index in [1.165, 1.54) is 0 Å². The standard InChI is InChI=1S/C23H18N6O2/c1-2-18-20(29-13-5-12-24-23(29)26-18)22(31)25-15-10-8-14(9-11-15)19-16-6-3-4-7-17(16)21(30)28-27-19/h3-13H,2H2,1H3,(H,25,31)(H,28,30).